The van der Waals surface area contributed by atoms with Gasteiger partial charge in [-0.25, -0.2) is 17.7 Å². The number of thioether (sulfide) groups is 1. The molecule has 2 aromatic heterocycles. The first-order chi connectivity index (χ1) is 15.7. The van der Waals surface area contributed by atoms with Gasteiger partial charge in [-0.05, 0) is 37.1 Å². The molecule has 4 rings (SSSR count). The van der Waals surface area contributed by atoms with Crippen LogP contribution in [0.25, 0.3) is 22.4 Å². The summed E-state index contributed by atoms with van der Waals surface area (Å²) in [5.74, 6) is 2.32. The lowest BCUT2D eigenvalue weighted by Crippen LogP contribution is -2.22. The molecule has 0 atom stereocenters. The first-order valence-corrected chi connectivity index (χ1v) is 13.2. The van der Waals surface area contributed by atoms with E-state index in [1.54, 1.807) is 23.9 Å². The summed E-state index contributed by atoms with van der Waals surface area (Å²) in [6.07, 6.45) is 0.947. The van der Waals surface area contributed by atoms with E-state index in [0.29, 0.717) is 11.3 Å². The molecule has 0 aliphatic heterocycles. The smallest absolute Gasteiger partial charge is 0.242 e. The molecule has 0 radical (unpaired) electrons. The van der Waals surface area contributed by atoms with Gasteiger partial charge in [0.15, 0.2) is 11.0 Å². The zero-order valence-corrected chi connectivity index (χ0v) is 21.1. The number of benzene rings is 2. The Bertz CT molecular complexity index is 1410. The lowest BCUT2D eigenvalue weighted by atomic mass is 10.1. The Balaban J connectivity index is 1.65. The highest BCUT2D eigenvalue weighted by atomic mass is 32.2. The molecule has 4 aromatic rings. The average Bonchev–Trinajstić information content (AvgIpc) is 3.32. The van der Waals surface area contributed by atoms with Crippen LogP contribution in [0.1, 0.15) is 24.7 Å². The Morgan fingerprint density at radius 3 is 2.55 bits per heavy atom. The molecule has 8 nitrogen and oxygen atoms in total. The quantitative estimate of drug-likeness (QED) is 0.350. The largest absolute Gasteiger partial charge is 0.327 e. The van der Waals surface area contributed by atoms with Crippen LogP contribution in [0.5, 0.6) is 0 Å². The third-order valence-corrected chi connectivity index (χ3v) is 8.40. The third-order valence-electron chi connectivity index (χ3n) is 5.58. The number of aromatic nitrogens is 5. The molecule has 0 saturated heterocycles. The Labute approximate surface area is 198 Å². The highest BCUT2D eigenvalue weighted by molar-refractivity contribution is 7.98. The van der Waals surface area contributed by atoms with Gasteiger partial charge in [-0.1, -0.05) is 43.0 Å². The van der Waals surface area contributed by atoms with Crippen molar-refractivity contribution in [3.8, 4) is 11.4 Å². The minimum Gasteiger partial charge on any atom is -0.327 e. The molecule has 0 amide bonds. The van der Waals surface area contributed by atoms with Crippen LogP contribution in [0.3, 0.4) is 0 Å². The topological polar surface area (TPSA) is 85.9 Å². The van der Waals surface area contributed by atoms with Gasteiger partial charge in [0, 0.05) is 33.3 Å². The third kappa shape index (κ3) is 4.42. The molecule has 0 aliphatic carbocycles. The Kier molecular flexibility index (Phi) is 6.60. The maximum Gasteiger partial charge on any atom is 0.242 e. The summed E-state index contributed by atoms with van der Waals surface area (Å²) in [6, 6.07) is 13.3. The second kappa shape index (κ2) is 9.28. The predicted molar refractivity (Wildman–Crippen MR) is 132 cm³/mol. The van der Waals surface area contributed by atoms with Gasteiger partial charge in [0.1, 0.15) is 5.82 Å². The summed E-state index contributed by atoms with van der Waals surface area (Å²) < 4.78 is 30.5. The molecule has 174 valence electrons. The molecule has 0 bridgehead atoms. The predicted octanol–water partition coefficient (Wildman–Crippen LogP) is 4.09. The second-order valence-electron chi connectivity index (χ2n) is 8.09. The number of sulfonamides is 1. The normalized spacial score (nSPS) is 12.2. The van der Waals surface area contributed by atoms with Crippen LogP contribution in [-0.4, -0.2) is 51.1 Å². The molecule has 2 aromatic carbocycles. The van der Waals surface area contributed by atoms with Crippen molar-refractivity contribution in [2.45, 2.75) is 42.6 Å². The summed E-state index contributed by atoms with van der Waals surface area (Å²) in [4.78, 5) is 5.04. The van der Waals surface area contributed by atoms with Crippen molar-refractivity contribution < 1.29 is 8.42 Å². The van der Waals surface area contributed by atoms with Gasteiger partial charge >= 0.3 is 0 Å². The average molecular weight is 485 g/mol. The van der Waals surface area contributed by atoms with E-state index in [0.717, 1.165) is 46.4 Å². The summed E-state index contributed by atoms with van der Waals surface area (Å²) in [6.45, 7) is 4.99. The van der Waals surface area contributed by atoms with E-state index in [1.807, 2.05) is 35.9 Å². The molecule has 0 fully saturated rings. The molecule has 0 spiro atoms. The molecular formula is C23H28N6O2S2. The standard InChI is InChI=1S/C23H28N6O2S2/c1-6-13-29-20-12-11-17(33(30,31)27(3)4)14-19(20)24-21(29)15-32-23-26-25-22(28(23)5)18-10-8-7-9-16(18)2/h7-12,14H,6,13,15H2,1-5H3. The maximum atomic E-state index is 12.6. The van der Waals surface area contributed by atoms with Crippen molar-refractivity contribution in [1.82, 2.24) is 28.6 Å². The minimum absolute atomic E-state index is 0.247. The number of imidazole rings is 1. The summed E-state index contributed by atoms with van der Waals surface area (Å²) >= 11 is 1.57. The maximum absolute atomic E-state index is 12.6. The highest BCUT2D eigenvalue weighted by Crippen LogP contribution is 2.29. The summed E-state index contributed by atoms with van der Waals surface area (Å²) in [5, 5.41) is 9.61. The zero-order valence-electron chi connectivity index (χ0n) is 19.5. The molecule has 0 unspecified atom stereocenters. The number of hydrogen-bond donors (Lipinski definition) is 0. The second-order valence-corrected chi connectivity index (χ2v) is 11.2. The van der Waals surface area contributed by atoms with Crippen LogP contribution in [-0.2, 0) is 29.4 Å². The van der Waals surface area contributed by atoms with Crippen molar-refractivity contribution in [3.05, 3.63) is 53.9 Å². The van der Waals surface area contributed by atoms with Crippen LogP contribution in [0.2, 0.25) is 0 Å². The number of fused-ring (bicyclic) bond motifs is 1. The molecule has 10 heteroatoms. The van der Waals surface area contributed by atoms with Crippen molar-refractivity contribution in [3.63, 3.8) is 0 Å². The van der Waals surface area contributed by atoms with Crippen LogP contribution in [0.15, 0.2) is 52.5 Å². The Hall–Kier alpha value is -2.69. The van der Waals surface area contributed by atoms with Gasteiger partial charge in [0.2, 0.25) is 10.0 Å². The van der Waals surface area contributed by atoms with E-state index in [9.17, 15) is 8.42 Å². The zero-order chi connectivity index (χ0) is 23.8. The fourth-order valence-electron chi connectivity index (χ4n) is 3.74. The number of aryl methyl sites for hydroxylation is 2. The van der Waals surface area contributed by atoms with Gasteiger partial charge in [-0.3, -0.25) is 0 Å². The molecule has 0 saturated carbocycles. The van der Waals surface area contributed by atoms with Crippen LogP contribution in [0, 0.1) is 6.92 Å². The highest BCUT2D eigenvalue weighted by Gasteiger charge is 2.20. The minimum atomic E-state index is -3.52. The van der Waals surface area contributed by atoms with Gasteiger partial charge in [0.25, 0.3) is 0 Å². The van der Waals surface area contributed by atoms with E-state index in [4.69, 9.17) is 4.98 Å². The van der Waals surface area contributed by atoms with Crippen LogP contribution in [0.4, 0.5) is 0 Å². The summed E-state index contributed by atoms with van der Waals surface area (Å²) in [5.41, 5.74) is 3.83. The van der Waals surface area contributed by atoms with Crippen molar-refractivity contribution >= 4 is 32.8 Å². The Morgan fingerprint density at radius 1 is 1.09 bits per heavy atom. The SMILES string of the molecule is CCCn1c(CSc2nnc(-c3ccccc3C)n2C)nc2cc(S(=O)(=O)N(C)C)ccc21. The van der Waals surface area contributed by atoms with Crippen LogP contribution < -0.4 is 0 Å². The number of hydrogen-bond acceptors (Lipinski definition) is 6. The molecule has 0 aliphatic rings. The van der Waals surface area contributed by atoms with Gasteiger partial charge in [-0.2, -0.15) is 0 Å². The Morgan fingerprint density at radius 2 is 1.85 bits per heavy atom. The van der Waals surface area contributed by atoms with E-state index in [-0.39, 0.29) is 4.90 Å². The summed E-state index contributed by atoms with van der Waals surface area (Å²) in [7, 11) is 1.52. The van der Waals surface area contributed by atoms with Gasteiger partial charge in [-0.15, -0.1) is 10.2 Å². The van der Waals surface area contributed by atoms with Gasteiger partial charge < -0.3 is 9.13 Å². The molecule has 33 heavy (non-hydrogen) atoms. The van der Waals surface area contributed by atoms with E-state index in [2.05, 4.69) is 34.7 Å². The van der Waals surface area contributed by atoms with Crippen molar-refractivity contribution in [1.29, 1.82) is 0 Å². The molecular weight excluding hydrogens is 456 g/mol. The van der Waals surface area contributed by atoms with Crippen LogP contribution >= 0.6 is 11.8 Å². The van der Waals surface area contributed by atoms with E-state index < -0.39 is 10.0 Å². The molecule has 2 heterocycles. The monoisotopic (exact) mass is 484 g/mol. The first kappa shape index (κ1) is 23.5. The fraction of sp³-hybridized carbons (Fsp3) is 0.348. The fourth-order valence-corrected chi connectivity index (χ4v) is 5.52. The molecule has 0 N–H and O–H groups in total. The number of rotatable bonds is 8. The number of nitrogens with zero attached hydrogens (tertiary/aromatic N) is 6. The lowest BCUT2D eigenvalue weighted by Gasteiger charge is -2.11. The van der Waals surface area contributed by atoms with Crippen molar-refractivity contribution in [2.75, 3.05) is 14.1 Å². The van der Waals surface area contributed by atoms with E-state index in [1.165, 1.54) is 18.4 Å². The first-order valence-electron chi connectivity index (χ1n) is 10.7. The van der Waals surface area contributed by atoms with Gasteiger partial charge in [0.05, 0.1) is 21.7 Å². The van der Waals surface area contributed by atoms with Crippen molar-refractivity contribution in [2.24, 2.45) is 7.05 Å². The lowest BCUT2D eigenvalue weighted by molar-refractivity contribution is 0.521. The van der Waals surface area contributed by atoms with E-state index >= 15 is 0 Å².